The number of hydrogen-bond donors (Lipinski definition) is 0. The largest absolute Gasteiger partial charge is 0.405 e. The molecule has 90 valence electrons. The summed E-state index contributed by atoms with van der Waals surface area (Å²) in [7, 11) is 0. The molecule has 0 amide bonds. The van der Waals surface area contributed by atoms with Crippen LogP contribution in [0.25, 0.3) is 10.9 Å². The van der Waals surface area contributed by atoms with Crippen LogP contribution in [0.4, 0.5) is 4.39 Å². The molecule has 2 rings (SSSR count). The summed E-state index contributed by atoms with van der Waals surface area (Å²) in [5.41, 5.74) is -0.393. The lowest BCUT2D eigenvalue weighted by Gasteiger charge is -2.22. The fourth-order valence-corrected chi connectivity index (χ4v) is 1.55. The maximum absolute atomic E-state index is 13.2. The Balaban J connectivity index is 2.71. The molecule has 0 unspecified atom stereocenters. The SMILES string of the molecule is CC(C)(C)On1c(=O)ccc2ccc(F)cc21. The molecule has 17 heavy (non-hydrogen) atoms. The third-order valence-electron chi connectivity index (χ3n) is 2.18. The van der Waals surface area contributed by atoms with Gasteiger partial charge in [-0.3, -0.25) is 4.79 Å². The number of halogens is 1. The molecule has 0 radical (unpaired) electrons. The Morgan fingerprint density at radius 1 is 1.18 bits per heavy atom. The standard InChI is InChI=1S/C13H14FNO2/c1-13(2,3)17-15-11-8-10(14)6-4-9(11)5-7-12(15)16/h4-8H,1-3H3. The maximum atomic E-state index is 13.2. The Morgan fingerprint density at radius 2 is 1.82 bits per heavy atom. The van der Waals surface area contributed by atoms with E-state index in [1.54, 1.807) is 12.1 Å². The number of aromatic nitrogens is 1. The van der Waals surface area contributed by atoms with Crippen LogP contribution in [0.3, 0.4) is 0 Å². The summed E-state index contributed by atoms with van der Waals surface area (Å²) in [6.45, 7) is 5.49. The zero-order chi connectivity index (χ0) is 12.6. The molecule has 1 heterocycles. The van der Waals surface area contributed by atoms with Crippen LogP contribution in [0.5, 0.6) is 0 Å². The molecule has 0 aliphatic rings. The molecule has 1 aromatic heterocycles. The van der Waals surface area contributed by atoms with Gasteiger partial charge in [0.15, 0.2) is 0 Å². The van der Waals surface area contributed by atoms with E-state index in [2.05, 4.69) is 0 Å². The minimum Gasteiger partial charge on any atom is -0.405 e. The highest BCUT2D eigenvalue weighted by atomic mass is 19.1. The number of rotatable bonds is 1. The second kappa shape index (κ2) is 3.87. The maximum Gasteiger partial charge on any atom is 0.283 e. The van der Waals surface area contributed by atoms with E-state index < -0.39 is 11.4 Å². The predicted molar refractivity (Wildman–Crippen MR) is 64.5 cm³/mol. The van der Waals surface area contributed by atoms with Crippen LogP contribution in [0, 0.1) is 5.82 Å². The second-order valence-electron chi connectivity index (χ2n) is 4.87. The van der Waals surface area contributed by atoms with E-state index in [4.69, 9.17) is 4.84 Å². The van der Waals surface area contributed by atoms with Crippen LogP contribution in [0.1, 0.15) is 20.8 Å². The fourth-order valence-electron chi connectivity index (χ4n) is 1.55. The molecule has 4 heteroatoms. The molecule has 0 fully saturated rings. The van der Waals surface area contributed by atoms with E-state index in [0.29, 0.717) is 5.52 Å². The molecule has 0 N–H and O–H groups in total. The highest BCUT2D eigenvalue weighted by molar-refractivity contribution is 5.78. The predicted octanol–water partition coefficient (Wildman–Crippen LogP) is 2.37. The van der Waals surface area contributed by atoms with Crippen molar-refractivity contribution in [2.24, 2.45) is 0 Å². The lowest BCUT2D eigenvalue weighted by atomic mass is 10.2. The van der Waals surface area contributed by atoms with Gasteiger partial charge >= 0.3 is 0 Å². The number of nitrogens with zero attached hydrogens (tertiary/aromatic N) is 1. The van der Waals surface area contributed by atoms with Crippen molar-refractivity contribution in [1.82, 2.24) is 4.73 Å². The third-order valence-corrected chi connectivity index (χ3v) is 2.18. The van der Waals surface area contributed by atoms with Crippen LogP contribution >= 0.6 is 0 Å². The van der Waals surface area contributed by atoms with Gasteiger partial charge in [0.05, 0.1) is 5.52 Å². The van der Waals surface area contributed by atoms with E-state index in [1.165, 1.54) is 18.2 Å². The average Bonchev–Trinajstić information content (AvgIpc) is 2.21. The quantitative estimate of drug-likeness (QED) is 0.759. The first-order chi connectivity index (χ1) is 7.87. The van der Waals surface area contributed by atoms with E-state index in [0.717, 1.165) is 10.1 Å². The van der Waals surface area contributed by atoms with E-state index in [1.807, 2.05) is 20.8 Å². The molecular formula is C13H14FNO2. The number of fused-ring (bicyclic) bond motifs is 1. The summed E-state index contributed by atoms with van der Waals surface area (Å²) >= 11 is 0. The Hall–Kier alpha value is -1.84. The minimum absolute atomic E-state index is 0.307. The highest BCUT2D eigenvalue weighted by Gasteiger charge is 2.15. The van der Waals surface area contributed by atoms with Gasteiger partial charge in [0.2, 0.25) is 0 Å². The van der Waals surface area contributed by atoms with Gasteiger partial charge in [-0.25, -0.2) is 4.39 Å². The monoisotopic (exact) mass is 235 g/mol. The van der Waals surface area contributed by atoms with E-state index in [-0.39, 0.29) is 5.56 Å². The molecule has 0 aliphatic heterocycles. The Labute approximate surface area is 98.4 Å². The first kappa shape index (κ1) is 11.6. The Bertz CT molecular complexity index is 611. The van der Waals surface area contributed by atoms with Gasteiger partial charge in [-0.2, -0.15) is 0 Å². The summed E-state index contributed by atoms with van der Waals surface area (Å²) in [5.74, 6) is -0.394. The molecule has 2 aromatic rings. The van der Waals surface area contributed by atoms with Crippen LogP contribution in [-0.2, 0) is 0 Å². The van der Waals surface area contributed by atoms with Gasteiger partial charge in [-0.05, 0) is 39.0 Å². The molecule has 0 bridgehead atoms. The van der Waals surface area contributed by atoms with Crippen LogP contribution in [0.2, 0.25) is 0 Å². The van der Waals surface area contributed by atoms with Gasteiger partial charge in [0.1, 0.15) is 11.4 Å². The van der Waals surface area contributed by atoms with Crippen molar-refractivity contribution in [3.8, 4) is 0 Å². The van der Waals surface area contributed by atoms with Gasteiger partial charge in [0, 0.05) is 17.5 Å². The van der Waals surface area contributed by atoms with Crippen LogP contribution in [-0.4, -0.2) is 10.3 Å². The molecule has 0 aliphatic carbocycles. The third kappa shape index (κ3) is 2.46. The van der Waals surface area contributed by atoms with Crippen LogP contribution in [0.15, 0.2) is 35.1 Å². The molecule has 0 spiro atoms. The lowest BCUT2D eigenvalue weighted by Crippen LogP contribution is -2.37. The Morgan fingerprint density at radius 3 is 2.47 bits per heavy atom. The smallest absolute Gasteiger partial charge is 0.283 e. The molecular weight excluding hydrogens is 221 g/mol. The summed E-state index contributed by atoms with van der Waals surface area (Å²) in [4.78, 5) is 17.3. The van der Waals surface area contributed by atoms with E-state index >= 15 is 0 Å². The molecule has 1 aromatic carbocycles. The van der Waals surface area contributed by atoms with E-state index in [9.17, 15) is 9.18 Å². The van der Waals surface area contributed by atoms with Gasteiger partial charge in [0.25, 0.3) is 5.56 Å². The van der Waals surface area contributed by atoms with Crippen molar-refractivity contribution >= 4 is 10.9 Å². The Kier molecular flexibility index (Phi) is 2.65. The molecule has 0 atom stereocenters. The van der Waals surface area contributed by atoms with Crippen molar-refractivity contribution in [2.45, 2.75) is 26.4 Å². The minimum atomic E-state index is -0.523. The van der Waals surface area contributed by atoms with Gasteiger partial charge in [-0.15, -0.1) is 4.73 Å². The highest BCUT2D eigenvalue weighted by Crippen LogP contribution is 2.14. The first-order valence-corrected chi connectivity index (χ1v) is 5.38. The topological polar surface area (TPSA) is 31.2 Å². The van der Waals surface area contributed by atoms with Crippen molar-refractivity contribution in [2.75, 3.05) is 0 Å². The van der Waals surface area contributed by atoms with Crippen molar-refractivity contribution in [3.63, 3.8) is 0 Å². The normalized spacial score (nSPS) is 11.8. The van der Waals surface area contributed by atoms with Gasteiger partial charge in [-0.1, -0.05) is 0 Å². The summed E-state index contributed by atoms with van der Waals surface area (Å²) < 4.78 is 14.3. The molecule has 0 saturated heterocycles. The number of hydrogen-bond acceptors (Lipinski definition) is 2. The van der Waals surface area contributed by atoms with Crippen molar-refractivity contribution in [3.05, 3.63) is 46.5 Å². The molecule has 3 nitrogen and oxygen atoms in total. The second-order valence-corrected chi connectivity index (χ2v) is 4.87. The van der Waals surface area contributed by atoms with Gasteiger partial charge < -0.3 is 4.84 Å². The van der Waals surface area contributed by atoms with Crippen LogP contribution < -0.4 is 10.4 Å². The van der Waals surface area contributed by atoms with Crippen molar-refractivity contribution < 1.29 is 9.23 Å². The number of benzene rings is 1. The summed E-state index contributed by atoms with van der Waals surface area (Å²) in [6.07, 6.45) is 0. The van der Waals surface area contributed by atoms with Crippen molar-refractivity contribution in [1.29, 1.82) is 0 Å². The fraction of sp³-hybridized carbons (Fsp3) is 0.308. The zero-order valence-electron chi connectivity index (χ0n) is 10.0. The first-order valence-electron chi connectivity index (χ1n) is 5.38. The number of pyridine rings is 1. The summed E-state index contributed by atoms with van der Waals surface area (Å²) in [6, 6.07) is 7.33. The average molecular weight is 235 g/mol. The summed E-state index contributed by atoms with van der Waals surface area (Å²) in [5, 5.41) is 0.759. The lowest BCUT2D eigenvalue weighted by molar-refractivity contribution is -0.0135. The zero-order valence-corrected chi connectivity index (χ0v) is 10.0. The molecule has 0 saturated carbocycles.